The molecule has 2 rings (SSSR count). The minimum Gasteiger partial charge on any atom is -0.398 e. The van der Waals surface area contributed by atoms with Gasteiger partial charge in [0.15, 0.2) is 0 Å². The lowest BCUT2D eigenvalue weighted by Gasteiger charge is -2.16. The summed E-state index contributed by atoms with van der Waals surface area (Å²) in [6, 6.07) is 13.1. The number of hydrogen-bond donors (Lipinski definition) is 1. The molecular weight excluding hydrogens is 332 g/mol. The Morgan fingerprint density at radius 1 is 1.11 bits per heavy atom. The summed E-state index contributed by atoms with van der Waals surface area (Å²) in [6.07, 6.45) is 0. The summed E-state index contributed by atoms with van der Waals surface area (Å²) >= 11 is 4.35. The van der Waals surface area contributed by atoms with Crippen LogP contribution in [0.2, 0.25) is 0 Å². The van der Waals surface area contributed by atoms with E-state index in [1.165, 1.54) is 12.1 Å². The van der Waals surface area contributed by atoms with E-state index < -0.39 is 5.92 Å². The molecule has 0 aliphatic carbocycles. The van der Waals surface area contributed by atoms with Crippen LogP contribution in [0.5, 0.6) is 0 Å². The summed E-state index contributed by atoms with van der Waals surface area (Å²) in [6.45, 7) is 0. The molecule has 0 saturated carbocycles. The van der Waals surface area contributed by atoms with Crippen molar-refractivity contribution >= 4 is 33.4 Å². The predicted octanol–water partition coefficient (Wildman–Crippen LogP) is 4.92. The molecule has 0 aromatic heterocycles. The van der Waals surface area contributed by atoms with E-state index in [1.54, 1.807) is 36.4 Å². The van der Waals surface area contributed by atoms with E-state index in [9.17, 15) is 8.78 Å². The number of alkyl halides is 2. The van der Waals surface area contributed by atoms with Gasteiger partial charge >= 0.3 is 0 Å². The number of halogens is 3. The molecule has 0 spiro atoms. The van der Waals surface area contributed by atoms with Crippen LogP contribution in [0.3, 0.4) is 0 Å². The lowest BCUT2D eigenvalue weighted by Crippen LogP contribution is -2.16. The fourth-order valence-electron chi connectivity index (χ4n) is 1.58. The van der Waals surface area contributed by atoms with E-state index in [0.29, 0.717) is 10.6 Å². The van der Waals surface area contributed by atoms with Gasteiger partial charge < -0.3 is 5.73 Å². The van der Waals surface area contributed by atoms with Gasteiger partial charge in [-0.1, -0.05) is 46.3 Å². The minimum absolute atomic E-state index is 0.0261. The van der Waals surface area contributed by atoms with E-state index in [-0.39, 0.29) is 11.3 Å². The van der Waals surface area contributed by atoms with Crippen LogP contribution >= 0.6 is 27.7 Å². The fraction of sp³-hybridized carbons (Fsp3) is 0.143. The first-order valence-corrected chi connectivity index (χ1v) is 7.38. The van der Waals surface area contributed by atoms with Gasteiger partial charge in [0, 0.05) is 20.6 Å². The first-order chi connectivity index (χ1) is 8.99. The molecule has 0 bridgehead atoms. The third-order valence-corrected chi connectivity index (χ3v) is 4.26. The normalized spacial score (nSPS) is 11.5. The third-order valence-electron chi connectivity index (χ3n) is 2.58. The second-order valence-corrected chi connectivity index (χ2v) is 5.97. The standard InChI is InChI=1S/C14H12BrF2NS/c15-11-6-7-13(12(18)8-11)19-9-14(16,17)10-4-2-1-3-5-10/h1-8H,9,18H2. The predicted molar refractivity (Wildman–Crippen MR) is 79.6 cm³/mol. The number of nitrogens with two attached hydrogens (primary N) is 1. The molecule has 2 aromatic rings. The Labute approximate surface area is 123 Å². The van der Waals surface area contributed by atoms with Crippen LogP contribution in [0, 0.1) is 0 Å². The molecule has 0 fully saturated rings. The van der Waals surface area contributed by atoms with Gasteiger partial charge in [-0.05, 0) is 18.2 Å². The molecule has 0 amide bonds. The molecule has 0 heterocycles. The molecule has 0 saturated heterocycles. The number of rotatable bonds is 4. The molecule has 0 unspecified atom stereocenters. The lowest BCUT2D eigenvalue weighted by molar-refractivity contribution is 0.0232. The van der Waals surface area contributed by atoms with Gasteiger partial charge in [0.1, 0.15) is 0 Å². The molecule has 0 atom stereocenters. The topological polar surface area (TPSA) is 26.0 Å². The second kappa shape index (κ2) is 5.92. The SMILES string of the molecule is Nc1cc(Br)ccc1SCC(F)(F)c1ccccc1. The van der Waals surface area contributed by atoms with Crippen molar-refractivity contribution < 1.29 is 8.78 Å². The van der Waals surface area contributed by atoms with Gasteiger partial charge in [-0.15, -0.1) is 11.8 Å². The number of anilines is 1. The van der Waals surface area contributed by atoms with Crippen molar-refractivity contribution in [3.8, 4) is 0 Å². The maximum absolute atomic E-state index is 14.0. The van der Waals surface area contributed by atoms with E-state index >= 15 is 0 Å². The van der Waals surface area contributed by atoms with Gasteiger partial charge in [0.2, 0.25) is 0 Å². The van der Waals surface area contributed by atoms with Crippen molar-refractivity contribution in [2.45, 2.75) is 10.8 Å². The van der Waals surface area contributed by atoms with Crippen LogP contribution in [0.4, 0.5) is 14.5 Å². The summed E-state index contributed by atoms with van der Waals surface area (Å²) in [5, 5.41) is 0. The highest BCUT2D eigenvalue weighted by Gasteiger charge is 2.31. The monoisotopic (exact) mass is 343 g/mol. The van der Waals surface area contributed by atoms with Crippen molar-refractivity contribution in [2.24, 2.45) is 0 Å². The van der Waals surface area contributed by atoms with E-state index in [1.807, 2.05) is 0 Å². The summed E-state index contributed by atoms with van der Waals surface area (Å²) in [5.41, 5.74) is 6.32. The number of hydrogen-bond acceptors (Lipinski definition) is 2. The number of benzene rings is 2. The smallest absolute Gasteiger partial charge is 0.282 e. The second-order valence-electron chi connectivity index (χ2n) is 4.04. The quantitative estimate of drug-likeness (QED) is 0.630. The average Bonchev–Trinajstić information content (AvgIpc) is 2.39. The van der Waals surface area contributed by atoms with E-state index in [0.717, 1.165) is 16.2 Å². The van der Waals surface area contributed by atoms with Crippen LogP contribution in [0.25, 0.3) is 0 Å². The van der Waals surface area contributed by atoms with Crippen LogP contribution < -0.4 is 5.73 Å². The molecule has 2 aromatic carbocycles. The fourth-order valence-corrected chi connectivity index (χ4v) is 2.86. The first kappa shape index (κ1) is 14.3. The van der Waals surface area contributed by atoms with Gasteiger partial charge in [0.25, 0.3) is 5.92 Å². The highest BCUT2D eigenvalue weighted by atomic mass is 79.9. The average molecular weight is 344 g/mol. The van der Waals surface area contributed by atoms with Crippen molar-refractivity contribution in [3.05, 3.63) is 58.6 Å². The molecule has 100 valence electrons. The zero-order valence-electron chi connectivity index (χ0n) is 9.95. The van der Waals surface area contributed by atoms with Gasteiger partial charge in [-0.25, -0.2) is 8.78 Å². The number of nitrogen functional groups attached to an aromatic ring is 1. The van der Waals surface area contributed by atoms with Gasteiger partial charge in [-0.2, -0.15) is 0 Å². The van der Waals surface area contributed by atoms with Crippen molar-refractivity contribution in [3.63, 3.8) is 0 Å². The van der Waals surface area contributed by atoms with Crippen LogP contribution in [-0.4, -0.2) is 5.75 Å². The largest absolute Gasteiger partial charge is 0.398 e. The van der Waals surface area contributed by atoms with Crippen molar-refractivity contribution in [1.29, 1.82) is 0 Å². The van der Waals surface area contributed by atoms with Gasteiger partial charge in [0.05, 0.1) is 5.75 Å². The molecular formula is C14H12BrF2NS. The highest BCUT2D eigenvalue weighted by Crippen LogP contribution is 2.36. The third kappa shape index (κ3) is 3.70. The minimum atomic E-state index is -2.87. The molecule has 0 radical (unpaired) electrons. The first-order valence-electron chi connectivity index (χ1n) is 5.60. The Hall–Kier alpha value is -1.07. The van der Waals surface area contributed by atoms with Crippen molar-refractivity contribution in [2.75, 3.05) is 11.5 Å². The summed E-state index contributed by atoms with van der Waals surface area (Å²) in [4.78, 5) is 0.666. The Morgan fingerprint density at radius 3 is 2.42 bits per heavy atom. The Balaban J connectivity index is 2.09. The zero-order chi connectivity index (χ0) is 13.9. The van der Waals surface area contributed by atoms with Crippen LogP contribution in [0.15, 0.2) is 57.9 Å². The van der Waals surface area contributed by atoms with Gasteiger partial charge in [-0.3, -0.25) is 0 Å². The number of thioether (sulfide) groups is 1. The summed E-state index contributed by atoms with van der Waals surface area (Å²) in [7, 11) is 0. The van der Waals surface area contributed by atoms with E-state index in [2.05, 4.69) is 15.9 Å². The van der Waals surface area contributed by atoms with Crippen LogP contribution in [0.1, 0.15) is 5.56 Å². The maximum Gasteiger partial charge on any atom is 0.282 e. The molecule has 0 aliphatic heterocycles. The molecule has 5 heteroatoms. The highest BCUT2D eigenvalue weighted by molar-refractivity contribution is 9.10. The molecule has 2 N–H and O–H groups in total. The van der Waals surface area contributed by atoms with E-state index in [4.69, 9.17) is 5.73 Å². The lowest BCUT2D eigenvalue weighted by atomic mass is 10.1. The Kier molecular flexibility index (Phi) is 4.47. The Morgan fingerprint density at radius 2 is 1.79 bits per heavy atom. The molecule has 1 nitrogen and oxygen atoms in total. The van der Waals surface area contributed by atoms with Crippen LogP contribution in [-0.2, 0) is 5.92 Å². The Bertz CT molecular complexity index is 561. The summed E-state index contributed by atoms with van der Waals surface area (Å²) in [5.74, 6) is -3.20. The summed E-state index contributed by atoms with van der Waals surface area (Å²) < 4.78 is 28.8. The molecule has 0 aliphatic rings. The maximum atomic E-state index is 14.0. The zero-order valence-corrected chi connectivity index (χ0v) is 12.3. The van der Waals surface area contributed by atoms with Crippen molar-refractivity contribution in [1.82, 2.24) is 0 Å². The molecule has 19 heavy (non-hydrogen) atoms.